The molecule has 0 unspecified atom stereocenters. The van der Waals surface area contributed by atoms with Crippen LogP contribution in [0.2, 0.25) is 0 Å². The first-order chi connectivity index (χ1) is 8.34. The van der Waals surface area contributed by atoms with Crippen molar-refractivity contribution in [3.8, 4) is 0 Å². The van der Waals surface area contributed by atoms with Crippen LogP contribution in [0, 0.1) is 6.92 Å². The van der Waals surface area contributed by atoms with Crippen molar-refractivity contribution in [1.82, 2.24) is 4.98 Å². The average molecular weight is 223 g/mol. The van der Waals surface area contributed by atoms with Crippen molar-refractivity contribution in [2.75, 3.05) is 0 Å². The Hall–Kier alpha value is -1.63. The largest absolute Gasteiger partial charge is 0.248 e. The Labute approximate surface area is 102 Å². The average Bonchev–Trinajstić information content (AvgIpc) is 2.40. The minimum atomic E-state index is 1.12. The van der Waals surface area contributed by atoms with Gasteiger partial charge in [-0.1, -0.05) is 24.3 Å². The molecule has 1 nitrogen and oxygen atoms in total. The van der Waals surface area contributed by atoms with E-state index in [1.807, 2.05) is 0 Å². The summed E-state index contributed by atoms with van der Waals surface area (Å²) >= 11 is 0. The number of para-hydroxylation sites is 1. The summed E-state index contributed by atoms with van der Waals surface area (Å²) < 4.78 is 0. The molecule has 1 aliphatic carbocycles. The summed E-state index contributed by atoms with van der Waals surface area (Å²) in [6.07, 6.45) is 7.39. The first kappa shape index (κ1) is 10.5. The molecule has 1 aliphatic rings. The predicted molar refractivity (Wildman–Crippen MR) is 72.9 cm³/mol. The lowest BCUT2D eigenvalue weighted by Crippen LogP contribution is -1.96. The molecule has 0 N–H and O–H groups in total. The van der Waals surface area contributed by atoms with Crippen molar-refractivity contribution < 1.29 is 0 Å². The second kappa shape index (κ2) is 4.33. The molecule has 0 aliphatic heterocycles. The molecule has 0 atom stereocenters. The highest BCUT2D eigenvalue weighted by Gasteiger charge is 2.09. The normalized spacial score (nSPS) is 15.9. The maximum Gasteiger partial charge on any atom is 0.0712 e. The van der Waals surface area contributed by atoms with Gasteiger partial charge in [0.05, 0.1) is 11.2 Å². The molecule has 0 amide bonds. The zero-order valence-corrected chi connectivity index (χ0v) is 10.2. The minimum Gasteiger partial charge on any atom is -0.248 e. The van der Waals surface area contributed by atoms with Gasteiger partial charge < -0.3 is 0 Å². The summed E-state index contributed by atoms with van der Waals surface area (Å²) in [5.41, 5.74) is 5.07. The fourth-order valence-corrected chi connectivity index (χ4v) is 2.58. The number of fused-ring (bicyclic) bond motifs is 1. The number of benzene rings is 1. The number of hydrogen-bond donors (Lipinski definition) is 0. The van der Waals surface area contributed by atoms with Crippen LogP contribution in [0.1, 0.15) is 36.9 Å². The number of pyridine rings is 1. The Kier molecular flexibility index (Phi) is 2.68. The molecule has 17 heavy (non-hydrogen) atoms. The standard InChI is InChI=1S/C16H17N/c1-12-11-16(13-7-3-2-4-8-13)17-15-10-6-5-9-14(12)15/h5-7,9-11H,2-4,8H2,1H3. The molecule has 0 fully saturated rings. The van der Waals surface area contributed by atoms with Gasteiger partial charge >= 0.3 is 0 Å². The molecule has 0 saturated carbocycles. The monoisotopic (exact) mass is 223 g/mol. The van der Waals surface area contributed by atoms with E-state index < -0.39 is 0 Å². The molecule has 3 rings (SSSR count). The summed E-state index contributed by atoms with van der Waals surface area (Å²) in [5.74, 6) is 0. The third kappa shape index (κ3) is 1.97. The SMILES string of the molecule is Cc1cc(C2=CCCCC2)nc2ccccc12. The Morgan fingerprint density at radius 1 is 1.12 bits per heavy atom. The molecule has 0 radical (unpaired) electrons. The number of aryl methyl sites for hydroxylation is 1. The van der Waals surface area contributed by atoms with Crippen LogP contribution in [0.25, 0.3) is 16.5 Å². The molecule has 0 spiro atoms. The van der Waals surface area contributed by atoms with Crippen molar-refractivity contribution in [2.45, 2.75) is 32.6 Å². The van der Waals surface area contributed by atoms with Gasteiger partial charge in [0.2, 0.25) is 0 Å². The smallest absolute Gasteiger partial charge is 0.0712 e. The molecule has 0 bridgehead atoms. The van der Waals surface area contributed by atoms with Gasteiger partial charge in [0.25, 0.3) is 0 Å². The topological polar surface area (TPSA) is 12.9 Å². The van der Waals surface area contributed by atoms with Crippen LogP contribution in [-0.4, -0.2) is 4.98 Å². The van der Waals surface area contributed by atoms with E-state index in [9.17, 15) is 0 Å². The lowest BCUT2D eigenvalue weighted by atomic mass is 9.95. The molecular formula is C16H17N. The van der Waals surface area contributed by atoms with Crippen molar-refractivity contribution in [3.05, 3.63) is 47.7 Å². The van der Waals surface area contributed by atoms with E-state index in [2.05, 4.69) is 43.3 Å². The van der Waals surface area contributed by atoms with Crippen molar-refractivity contribution >= 4 is 16.5 Å². The zero-order valence-electron chi connectivity index (χ0n) is 10.2. The van der Waals surface area contributed by atoms with Crippen molar-refractivity contribution in [1.29, 1.82) is 0 Å². The second-order valence-corrected chi connectivity index (χ2v) is 4.82. The molecule has 0 saturated heterocycles. The Balaban J connectivity index is 2.15. The number of nitrogens with zero attached hydrogens (tertiary/aromatic N) is 1. The molecule has 1 heterocycles. The highest BCUT2D eigenvalue weighted by molar-refractivity contribution is 5.84. The van der Waals surface area contributed by atoms with Crippen LogP contribution >= 0.6 is 0 Å². The second-order valence-electron chi connectivity index (χ2n) is 4.82. The van der Waals surface area contributed by atoms with Crippen LogP contribution in [-0.2, 0) is 0 Å². The fourth-order valence-electron chi connectivity index (χ4n) is 2.58. The maximum absolute atomic E-state index is 4.79. The molecular weight excluding hydrogens is 206 g/mol. The lowest BCUT2D eigenvalue weighted by molar-refractivity contribution is 0.740. The van der Waals surface area contributed by atoms with Gasteiger partial charge in [-0.2, -0.15) is 0 Å². The van der Waals surface area contributed by atoms with E-state index in [1.165, 1.54) is 47.9 Å². The van der Waals surface area contributed by atoms with Crippen LogP contribution in [0.3, 0.4) is 0 Å². The van der Waals surface area contributed by atoms with Crippen LogP contribution in [0.5, 0.6) is 0 Å². The van der Waals surface area contributed by atoms with Crippen LogP contribution in [0.15, 0.2) is 36.4 Å². The number of allylic oxidation sites excluding steroid dienone is 2. The summed E-state index contributed by atoms with van der Waals surface area (Å²) in [6.45, 7) is 2.18. The summed E-state index contributed by atoms with van der Waals surface area (Å²) in [7, 11) is 0. The molecule has 1 heteroatoms. The quantitative estimate of drug-likeness (QED) is 0.693. The molecule has 86 valence electrons. The first-order valence-electron chi connectivity index (χ1n) is 6.40. The van der Waals surface area contributed by atoms with Gasteiger partial charge in [-0.05, 0) is 55.9 Å². The maximum atomic E-state index is 4.79. The van der Waals surface area contributed by atoms with Crippen LogP contribution in [0.4, 0.5) is 0 Å². The van der Waals surface area contributed by atoms with Gasteiger partial charge in [0, 0.05) is 5.39 Å². The van der Waals surface area contributed by atoms with Gasteiger partial charge in [-0.3, -0.25) is 0 Å². The van der Waals surface area contributed by atoms with E-state index in [0.717, 1.165) is 5.52 Å². The summed E-state index contributed by atoms with van der Waals surface area (Å²) in [5, 5.41) is 1.27. The van der Waals surface area contributed by atoms with Gasteiger partial charge in [0.15, 0.2) is 0 Å². The first-order valence-corrected chi connectivity index (χ1v) is 6.40. The van der Waals surface area contributed by atoms with Crippen LogP contribution < -0.4 is 0 Å². The number of aromatic nitrogens is 1. The fraction of sp³-hybridized carbons (Fsp3) is 0.312. The van der Waals surface area contributed by atoms with Gasteiger partial charge in [-0.25, -0.2) is 4.98 Å². The predicted octanol–water partition coefficient (Wildman–Crippen LogP) is 4.50. The van der Waals surface area contributed by atoms with E-state index >= 15 is 0 Å². The molecule has 2 aromatic rings. The highest BCUT2D eigenvalue weighted by Crippen LogP contribution is 2.28. The van der Waals surface area contributed by atoms with Gasteiger partial charge in [0.1, 0.15) is 0 Å². The van der Waals surface area contributed by atoms with Gasteiger partial charge in [-0.15, -0.1) is 0 Å². The zero-order chi connectivity index (χ0) is 11.7. The Morgan fingerprint density at radius 2 is 2.00 bits per heavy atom. The summed E-state index contributed by atoms with van der Waals surface area (Å²) in [6, 6.07) is 10.6. The Bertz CT molecular complexity index is 581. The number of rotatable bonds is 1. The van der Waals surface area contributed by atoms with E-state index in [1.54, 1.807) is 0 Å². The highest BCUT2D eigenvalue weighted by atomic mass is 14.7. The minimum absolute atomic E-state index is 1.12. The van der Waals surface area contributed by atoms with E-state index in [-0.39, 0.29) is 0 Å². The van der Waals surface area contributed by atoms with E-state index in [4.69, 9.17) is 4.98 Å². The lowest BCUT2D eigenvalue weighted by Gasteiger charge is -2.13. The van der Waals surface area contributed by atoms with Crippen molar-refractivity contribution in [3.63, 3.8) is 0 Å². The molecule has 1 aromatic carbocycles. The number of hydrogen-bond acceptors (Lipinski definition) is 1. The van der Waals surface area contributed by atoms with E-state index in [0.29, 0.717) is 0 Å². The third-order valence-electron chi connectivity index (χ3n) is 3.54. The summed E-state index contributed by atoms with van der Waals surface area (Å²) in [4.78, 5) is 4.79. The Morgan fingerprint density at radius 3 is 2.82 bits per heavy atom. The van der Waals surface area contributed by atoms with Crippen molar-refractivity contribution in [2.24, 2.45) is 0 Å². The third-order valence-corrected chi connectivity index (χ3v) is 3.54. The molecule has 1 aromatic heterocycles.